The lowest BCUT2D eigenvalue weighted by Crippen LogP contribution is -2.34. The lowest BCUT2D eigenvalue weighted by atomic mass is 10.2. The quantitative estimate of drug-likeness (QED) is 0.901. The molecule has 17 heavy (non-hydrogen) atoms. The zero-order valence-corrected chi connectivity index (χ0v) is 10.1. The molecule has 1 aromatic carbocycles. The van der Waals surface area contributed by atoms with Crippen molar-refractivity contribution in [3.8, 4) is 0 Å². The summed E-state index contributed by atoms with van der Waals surface area (Å²) < 4.78 is 51.8. The Hall–Kier alpha value is -1.01. The molecule has 0 aromatic heterocycles. The molecule has 3 nitrogen and oxygen atoms in total. The molecule has 1 atom stereocenters. The zero-order chi connectivity index (χ0) is 12.6. The van der Waals surface area contributed by atoms with Crippen LogP contribution in [0.15, 0.2) is 23.1 Å². The minimum absolute atomic E-state index is 0.173. The van der Waals surface area contributed by atoms with Crippen LogP contribution in [0, 0.1) is 17.6 Å². The molecule has 0 bridgehead atoms. The van der Waals surface area contributed by atoms with Crippen LogP contribution in [-0.4, -0.2) is 14.5 Å². The van der Waals surface area contributed by atoms with Crippen molar-refractivity contribution in [1.82, 2.24) is 4.72 Å². The fraction of sp³-hybridized carbons (Fsp3) is 0.455. The second-order valence-corrected chi connectivity index (χ2v) is 6.04. The maximum atomic E-state index is 13.0. The van der Waals surface area contributed by atoms with Gasteiger partial charge >= 0.3 is 0 Å². The van der Waals surface area contributed by atoms with Crippen LogP contribution >= 0.6 is 0 Å². The third-order valence-electron chi connectivity index (χ3n) is 2.87. The van der Waals surface area contributed by atoms with Crippen LogP contribution in [0.1, 0.15) is 19.8 Å². The van der Waals surface area contributed by atoms with Gasteiger partial charge in [-0.15, -0.1) is 0 Å². The second-order valence-electron chi connectivity index (χ2n) is 4.32. The number of hydrogen-bond acceptors (Lipinski definition) is 2. The number of hydrogen-bond donors (Lipinski definition) is 1. The molecule has 0 spiro atoms. The maximum absolute atomic E-state index is 13.0. The molecule has 1 saturated carbocycles. The number of nitrogens with one attached hydrogen (secondary N) is 1. The van der Waals surface area contributed by atoms with Gasteiger partial charge in [-0.3, -0.25) is 0 Å². The van der Waals surface area contributed by atoms with E-state index in [4.69, 9.17) is 0 Å². The molecule has 1 N–H and O–H groups in total. The Balaban J connectivity index is 2.21. The monoisotopic (exact) mass is 261 g/mol. The van der Waals surface area contributed by atoms with E-state index in [2.05, 4.69) is 4.72 Å². The highest BCUT2D eigenvalue weighted by molar-refractivity contribution is 7.89. The second kappa shape index (κ2) is 4.34. The minimum atomic E-state index is -3.76. The number of rotatable bonds is 4. The van der Waals surface area contributed by atoms with E-state index in [1.165, 1.54) is 0 Å². The van der Waals surface area contributed by atoms with Gasteiger partial charge in [-0.25, -0.2) is 21.9 Å². The smallest absolute Gasteiger partial charge is 0.208 e. The van der Waals surface area contributed by atoms with Gasteiger partial charge in [0.15, 0.2) is 11.6 Å². The molecular formula is C11H13F2NO2S. The Morgan fingerprint density at radius 3 is 2.47 bits per heavy atom. The average Bonchev–Trinajstić information content (AvgIpc) is 3.04. The summed E-state index contributed by atoms with van der Waals surface area (Å²) in [5.74, 6) is -1.86. The standard InChI is InChI=1S/C11H13F2NO2S/c1-7(8-2-3-8)14-17(15,16)9-4-5-10(12)11(13)6-9/h4-8,14H,2-3H2,1H3/t7-/m0/s1. The van der Waals surface area contributed by atoms with Gasteiger partial charge in [0.25, 0.3) is 0 Å². The van der Waals surface area contributed by atoms with Gasteiger partial charge in [-0.05, 0) is 43.9 Å². The van der Waals surface area contributed by atoms with Crippen molar-refractivity contribution in [3.05, 3.63) is 29.8 Å². The molecule has 1 aromatic rings. The molecule has 1 aliphatic carbocycles. The lowest BCUT2D eigenvalue weighted by molar-refractivity contribution is 0.502. The highest BCUT2D eigenvalue weighted by atomic mass is 32.2. The van der Waals surface area contributed by atoms with E-state index in [-0.39, 0.29) is 10.9 Å². The molecule has 0 heterocycles. The first-order valence-electron chi connectivity index (χ1n) is 5.37. The van der Waals surface area contributed by atoms with Gasteiger partial charge in [0.1, 0.15) is 0 Å². The Labute approximate surface area is 98.9 Å². The molecule has 0 aliphatic heterocycles. The highest BCUT2D eigenvalue weighted by Gasteiger charge is 2.31. The highest BCUT2D eigenvalue weighted by Crippen LogP contribution is 2.33. The van der Waals surface area contributed by atoms with Crippen molar-refractivity contribution in [2.24, 2.45) is 5.92 Å². The Bertz CT molecular complexity index is 526. The molecule has 0 amide bonds. The summed E-state index contributed by atoms with van der Waals surface area (Å²) >= 11 is 0. The molecule has 1 fully saturated rings. The van der Waals surface area contributed by atoms with Crippen LogP contribution < -0.4 is 4.72 Å². The SMILES string of the molecule is C[C@H](NS(=O)(=O)c1ccc(F)c(F)c1)C1CC1. The molecule has 2 rings (SSSR count). The van der Waals surface area contributed by atoms with Crippen molar-refractivity contribution >= 4 is 10.0 Å². The predicted octanol–water partition coefficient (Wildman–Crippen LogP) is 2.04. The molecule has 1 aliphatic rings. The van der Waals surface area contributed by atoms with Crippen molar-refractivity contribution < 1.29 is 17.2 Å². The van der Waals surface area contributed by atoms with E-state index >= 15 is 0 Å². The van der Waals surface area contributed by atoms with Gasteiger partial charge in [0.05, 0.1) is 4.90 Å². The third kappa shape index (κ3) is 2.81. The minimum Gasteiger partial charge on any atom is -0.208 e. The normalized spacial score (nSPS) is 18.1. The number of benzene rings is 1. The van der Waals surface area contributed by atoms with Crippen molar-refractivity contribution in [2.75, 3.05) is 0 Å². The van der Waals surface area contributed by atoms with Gasteiger partial charge in [0, 0.05) is 6.04 Å². The summed E-state index contributed by atoms with van der Waals surface area (Å²) in [5, 5.41) is 0. The topological polar surface area (TPSA) is 46.2 Å². The van der Waals surface area contributed by atoms with E-state index in [1.807, 2.05) is 0 Å². The first-order chi connectivity index (χ1) is 7.90. The van der Waals surface area contributed by atoms with Crippen molar-refractivity contribution in [3.63, 3.8) is 0 Å². The molecule has 0 radical (unpaired) electrons. The molecule has 6 heteroatoms. The Kier molecular flexibility index (Phi) is 3.18. The van der Waals surface area contributed by atoms with Crippen LogP contribution in [0.4, 0.5) is 8.78 Å². The molecular weight excluding hydrogens is 248 g/mol. The summed E-state index contributed by atoms with van der Waals surface area (Å²) in [6.45, 7) is 1.77. The van der Waals surface area contributed by atoms with Crippen LogP contribution in [0.25, 0.3) is 0 Å². The van der Waals surface area contributed by atoms with Gasteiger partial charge < -0.3 is 0 Å². The van der Waals surface area contributed by atoms with Crippen LogP contribution in [0.5, 0.6) is 0 Å². The number of halogens is 2. The van der Waals surface area contributed by atoms with Gasteiger partial charge in [-0.2, -0.15) is 0 Å². The summed E-state index contributed by atoms with van der Waals surface area (Å²) in [6.07, 6.45) is 2.00. The largest absolute Gasteiger partial charge is 0.240 e. The fourth-order valence-electron chi connectivity index (χ4n) is 1.65. The Morgan fingerprint density at radius 2 is 1.94 bits per heavy atom. The van der Waals surface area contributed by atoms with Crippen LogP contribution in [0.3, 0.4) is 0 Å². The van der Waals surface area contributed by atoms with E-state index in [9.17, 15) is 17.2 Å². The van der Waals surface area contributed by atoms with E-state index in [0.29, 0.717) is 12.0 Å². The van der Waals surface area contributed by atoms with E-state index in [0.717, 1.165) is 25.0 Å². The van der Waals surface area contributed by atoms with Crippen molar-refractivity contribution in [2.45, 2.75) is 30.7 Å². The van der Waals surface area contributed by atoms with E-state index in [1.54, 1.807) is 6.92 Å². The van der Waals surface area contributed by atoms with Crippen LogP contribution in [0.2, 0.25) is 0 Å². The van der Waals surface area contributed by atoms with Crippen molar-refractivity contribution in [1.29, 1.82) is 0 Å². The van der Waals surface area contributed by atoms with Gasteiger partial charge in [-0.1, -0.05) is 0 Å². The summed E-state index contributed by atoms with van der Waals surface area (Å²) in [4.78, 5) is -0.246. The zero-order valence-electron chi connectivity index (χ0n) is 9.28. The van der Waals surface area contributed by atoms with Crippen LogP contribution in [-0.2, 0) is 10.0 Å². The summed E-state index contributed by atoms with van der Waals surface area (Å²) in [7, 11) is -3.76. The first-order valence-corrected chi connectivity index (χ1v) is 6.86. The lowest BCUT2D eigenvalue weighted by Gasteiger charge is -2.13. The molecule has 0 saturated heterocycles. The fourth-order valence-corrected chi connectivity index (χ4v) is 2.97. The summed E-state index contributed by atoms with van der Waals surface area (Å²) in [6, 6.07) is 2.39. The average molecular weight is 261 g/mol. The maximum Gasteiger partial charge on any atom is 0.240 e. The summed E-state index contributed by atoms with van der Waals surface area (Å²) in [5.41, 5.74) is 0. The predicted molar refractivity (Wildman–Crippen MR) is 58.9 cm³/mol. The first kappa shape index (κ1) is 12.4. The molecule has 0 unspecified atom stereocenters. The van der Waals surface area contributed by atoms with E-state index < -0.39 is 21.7 Å². The van der Waals surface area contributed by atoms with Gasteiger partial charge in [0.2, 0.25) is 10.0 Å². The third-order valence-corrected chi connectivity index (χ3v) is 4.43. The number of sulfonamides is 1. The molecule has 94 valence electrons. The Morgan fingerprint density at radius 1 is 1.29 bits per heavy atom.